The molecule has 0 heterocycles. The molecule has 0 radical (unpaired) electrons. The van der Waals surface area contributed by atoms with Crippen molar-refractivity contribution in [3.8, 4) is 0 Å². The molecule has 0 saturated heterocycles. The quantitative estimate of drug-likeness (QED) is 0.499. The molecule has 0 aliphatic carbocycles. The van der Waals surface area contributed by atoms with Crippen molar-refractivity contribution >= 4 is 7.94 Å². The summed E-state index contributed by atoms with van der Waals surface area (Å²) >= 11 is 0. The van der Waals surface area contributed by atoms with Gasteiger partial charge in [0, 0.05) is 42.3 Å². The number of hydrogen-bond acceptors (Lipinski definition) is 4. The first kappa shape index (κ1) is 14.0. The van der Waals surface area contributed by atoms with Crippen molar-refractivity contribution in [2.45, 2.75) is 0 Å². The van der Waals surface area contributed by atoms with Gasteiger partial charge in [0.15, 0.2) is 0 Å². The van der Waals surface area contributed by atoms with Crippen LogP contribution in [0.1, 0.15) is 0 Å². The van der Waals surface area contributed by atoms with Crippen molar-refractivity contribution in [1.82, 2.24) is 14.0 Å². The third kappa shape index (κ3) is 2.75. The smallest absolute Gasteiger partial charge is 0.177 e. The fraction of sp³-hybridized carbons (Fsp3) is 0.778. The largest absolute Gasteiger partial charge is 0.369 e. The van der Waals surface area contributed by atoms with Crippen LogP contribution in [0.15, 0.2) is 12.7 Å². The lowest BCUT2D eigenvalue weighted by Crippen LogP contribution is -2.37. The third-order valence-corrected chi connectivity index (χ3v) is 5.55. The molecule has 0 bridgehead atoms. The molecule has 0 aliphatic heterocycles. The zero-order chi connectivity index (χ0) is 11.4. The molecule has 0 aromatic carbocycles. The minimum Gasteiger partial charge on any atom is -0.177 e. The van der Waals surface area contributed by atoms with E-state index >= 15 is 0 Å². The Hall–Kier alpha value is 0.0100. The number of nitrogens with zero attached hydrogens (tertiary/aromatic N) is 3. The van der Waals surface area contributed by atoms with Crippen molar-refractivity contribution in [2.75, 3.05) is 48.9 Å². The van der Waals surface area contributed by atoms with Crippen LogP contribution >= 0.6 is 7.94 Å². The Morgan fingerprint density at radius 2 is 1.36 bits per heavy atom. The molecule has 0 spiro atoms. The lowest BCUT2D eigenvalue weighted by Gasteiger charge is -2.36. The van der Waals surface area contributed by atoms with Gasteiger partial charge in [0.1, 0.15) is 6.61 Å². The number of hydrogen-bond donors (Lipinski definition) is 0. The molecule has 0 fully saturated rings. The van der Waals surface area contributed by atoms with Crippen LogP contribution in [0.2, 0.25) is 0 Å². The Morgan fingerprint density at radius 3 is 1.57 bits per heavy atom. The normalized spacial score (nSPS) is 12.9. The summed E-state index contributed by atoms with van der Waals surface area (Å²) in [7, 11) is 10.4. The van der Waals surface area contributed by atoms with Crippen LogP contribution in [0.25, 0.3) is 0 Å². The van der Waals surface area contributed by atoms with E-state index in [9.17, 15) is 0 Å². The predicted molar refractivity (Wildman–Crippen MR) is 64.1 cm³/mol. The Bertz CT molecular complexity index is 161. The second-order valence-corrected chi connectivity index (χ2v) is 7.32. The maximum absolute atomic E-state index is 5.93. The molecule has 0 N–H and O–H groups in total. The summed E-state index contributed by atoms with van der Waals surface area (Å²) in [6.45, 7) is 4.25. The van der Waals surface area contributed by atoms with Crippen LogP contribution in [-0.4, -0.2) is 62.9 Å². The van der Waals surface area contributed by atoms with Crippen LogP contribution in [0.3, 0.4) is 0 Å². The second-order valence-electron chi connectivity index (χ2n) is 3.64. The van der Waals surface area contributed by atoms with Crippen LogP contribution in [0.4, 0.5) is 0 Å². The minimum atomic E-state index is -1.80. The monoisotopic (exact) mass is 220 g/mol. The molecule has 0 amide bonds. The molecule has 0 rings (SSSR count). The summed E-state index contributed by atoms with van der Waals surface area (Å²) in [5.41, 5.74) is 0. The molecule has 14 heavy (non-hydrogen) atoms. The summed E-state index contributed by atoms with van der Waals surface area (Å²) in [6, 6.07) is 0. The van der Waals surface area contributed by atoms with E-state index in [1.807, 2.05) is 42.3 Å². The summed E-state index contributed by atoms with van der Waals surface area (Å²) in [5.74, 6) is 0. The molecule has 4 nitrogen and oxygen atoms in total. The summed E-state index contributed by atoms with van der Waals surface area (Å²) < 4.78 is 12.3. The second kappa shape index (κ2) is 5.79. The first-order chi connectivity index (χ1) is 6.39. The maximum Gasteiger partial charge on any atom is 0.369 e. The Balaban J connectivity index is 4.84. The molecular weight excluding hydrogens is 197 g/mol. The highest BCUT2D eigenvalue weighted by Crippen LogP contribution is 2.64. The average Bonchev–Trinajstić information content (AvgIpc) is 2.03. The lowest BCUT2D eigenvalue weighted by molar-refractivity contribution is 0.264. The zero-order valence-corrected chi connectivity index (χ0v) is 11.1. The minimum absolute atomic E-state index is 0.572. The highest BCUT2D eigenvalue weighted by molar-refractivity contribution is 7.64. The van der Waals surface area contributed by atoms with Gasteiger partial charge in [0.05, 0.1) is 0 Å². The Labute approximate surface area is 88.7 Å². The first-order valence-corrected chi connectivity index (χ1v) is 6.14. The summed E-state index contributed by atoms with van der Waals surface area (Å²) in [6.07, 6.45) is 1.78. The Kier molecular flexibility index (Phi) is 5.79. The average molecular weight is 220 g/mol. The fourth-order valence-corrected chi connectivity index (χ4v) is 4.72. The van der Waals surface area contributed by atoms with E-state index in [0.717, 1.165) is 0 Å². The molecule has 5 heteroatoms. The van der Waals surface area contributed by atoms with E-state index in [1.165, 1.54) is 0 Å². The van der Waals surface area contributed by atoms with Gasteiger partial charge >= 0.3 is 7.94 Å². The first-order valence-electron chi connectivity index (χ1n) is 4.57. The molecule has 0 aromatic rings. The lowest BCUT2D eigenvalue weighted by atomic mass is 10.7. The molecule has 0 aliphatic rings. The van der Waals surface area contributed by atoms with Crippen molar-refractivity contribution in [3.63, 3.8) is 0 Å². The SMILES string of the molecule is C=CCO[P+](N(C)C)(N(C)C)N(C)C. The highest BCUT2D eigenvalue weighted by atomic mass is 31.2. The number of rotatable bonds is 6. The van der Waals surface area contributed by atoms with Gasteiger partial charge in [-0.05, 0) is 0 Å². The van der Waals surface area contributed by atoms with E-state index in [-0.39, 0.29) is 0 Å². The fourth-order valence-electron chi connectivity index (χ4n) is 1.57. The molecule has 0 aromatic heterocycles. The van der Waals surface area contributed by atoms with Crippen LogP contribution in [-0.2, 0) is 4.52 Å². The van der Waals surface area contributed by atoms with Gasteiger partial charge in [-0.3, -0.25) is 0 Å². The topological polar surface area (TPSA) is 19.0 Å². The van der Waals surface area contributed by atoms with Gasteiger partial charge in [-0.1, -0.05) is 6.08 Å². The van der Waals surface area contributed by atoms with Crippen molar-refractivity contribution in [2.24, 2.45) is 0 Å². The van der Waals surface area contributed by atoms with Gasteiger partial charge in [0.25, 0.3) is 0 Å². The third-order valence-electron chi connectivity index (χ3n) is 1.93. The van der Waals surface area contributed by atoms with Gasteiger partial charge in [-0.25, -0.2) is 0 Å². The van der Waals surface area contributed by atoms with Crippen molar-refractivity contribution in [3.05, 3.63) is 12.7 Å². The molecule has 84 valence electrons. The van der Waals surface area contributed by atoms with Gasteiger partial charge in [-0.2, -0.15) is 4.52 Å². The van der Waals surface area contributed by atoms with Gasteiger partial charge in [0.2, 0.25) is 0 Å². The van der Waals surface area contributed by atoms with Crippen LogP contribution in [0.5, 0.6) is 0 Å². The van der Waals surface area contributed by atoms with E-state index in [0.29, 0.717) is 6.61 Å². The van der Waals surface area contributed by atoms with Crippen LogP contribution < -0.4 is 0 Å². The predicted octanol–water partition coefficient (Wildman–Crippen LogP) is 1.55. The van der Waals surface area contributed by atoms with Crippen molar-refractivity contribution < 1.29 is 4.52 Å². The maximum atomic E-state index is 5.93. The van der Waals surface area contributed by atoms with Crippen molar-refractivity contribution in [1.29, 1.82) is 0 Å². The molecular formula is C9H23N3OP+. The Morgan fingerprint density at radius 1 is 1.00 bits per heavy atom. The van der Waals surface area contributed by atoms with Gasteiger partial charge in [-0.15, -0.1) is 20.6 Å². The van der Waals surface area contributed by atoms with E-state index in [2.05, 4.69) is 20.6 Å². The molecule has 0 saturated carbocycles. The summed E-state index contributed by atoms with van der Waals surface area (Å²) in [4.78, 5) is 0. The molecule has 0 atom stereocenters. The molecule has 0 unspecified atom stereocenters. The zero-order valence-electron chi connectivity index (χ0n) is 10.2. The highest BCUT2D eigenvalue weighted by Gasteiger charge is 2.50. The summed E-state index contributed by atoms with van der Waals surface area (Å²) in [5, 5.41) is 0. The van der Waals surface area contributed by atoms with E-state index in [4.69, 9.17) is 4.52 Å². The van der Waals surface area contributed by atoms with E-state index < -0.39 is 7.94 Å². The van der Waals surface area contributed by atoms with E-state index in [1.54, 1.807) is 6.08 Å². The van der Waals surface area contributed by atoms with Gasteiger partial charge < -0.3 is 0 Å². The standard InChI is InChI=1S/C9H23N3OP/c1-8-9-13-14(10(2)3,11(4)5)12(6)7/h8H,1,9H2,2-7H3/q+1. The van der Waals surface area contributed by atoms with Crippen LogP contribution in [0, 0.1) is 0 Å².